The van der Waals surface area contributed by atoms with Gasteiger partial charge in [0, 0.05) is 51.1 Å². The summed E-state index contributed by atoms with van der Waals surface area (Å²) in [6.07, 6.45) is 5.26. The minimum atomic E-state index is -0.527. The Morgan fingerprint density at radius 2 is 1.97 bits per heavy atom. The first-order chi connectivity index (χ1) is 19.0. The van der Waals surface area contributed by atoms with Crippen LogP contribution in [-0.2, 0) is 22.5 Å². The van der Waals surface area contributed by atoms with Crippen LogP contribution < -0.4 is 16.4 Å². The predicted molar refractivity (Wildman–Crippen MR) is 148 cm³/mol. The molecule has 3 aromatic rings. The van der Waals surface area contributed by atoms with Crippen molar-refractivity contribution in [3.05, 3.63) is 77.1 Å². The molecule has 1 saturated heterocycles. The molecule has 3 heterocycles. The standard InChI is InChI=1S/C28H33FN8O2/c1-36-10-12-37(13-11-36)25(17-39-2)27(38)34-24-5-3-4-20-21(24)8-9-22(20)26-23(29)16-32-28(35-26)33-19-7-6-18(14-30)31-15-19/h3-7,9,15-16,25H,8,10-14,17,30H2,1-2H3,(H,34,38)(H,32,33,35)/t25-/m1/s1. The number of rotatable bonds is 9. The van der Waals surface area contributed by atoms with E-state index in [1.165, 1.54) is 0 Å². The summed E-state index contributed by atoms with van der Waals surface area (Å²) < 4.78 is 20.4. The van der Waals surface area contributed by atoms with Crippen molar-refractivity contribution in [2.75, 3.05) is 57.6 Å². The second kappa shape index (κ2) is 12.0. The molecule has 204 valence electrons. The first kappa shape index (κ1) is 26.8. The van der Waals surface area contributed by atoms with Crippen molar-refractivity contribution < 1.29 is 13.9 Å². The number of nitrogens with one attached hydrogen (secondary N) is 2. The van der Waals surface area contributed by atoms with Crippen molar-refractivity contribution in [3.8, 4) is 0 Å². The number of pyridine rings is 1. The average Bonchev–Trinajstić information content (AvgIpc) is 3.39. The Hall–Kier alpha value is -3.77. The number of hydrogen-bond donors (Lipinski definition) is 3. The fraction of sp³-hybridized carbons (Fsp3) is 0.357. The number of nitrogens with zero attached hydrogens (tertiary/aromatic N) is 5. The van der Waals surface area contributed by atoms with Gasteiger partial charge in [-0.05, 0) is 42.8 Å². The first-order valence-electron chi connectivity index (χ1n) is 13.0. The zero-order valence-corrected chi connectivity index (χ0v) is 22.2. The van der Waals surface area contributed by atoms with Gasteiger partial charge < -0.3 is 26.0 Å². The number of allylic oxidation sites excluding steroid dienone is 1. The minimum absolute atomic E-state index is 0.114. The normalized spacial score (nSPS) is 16.5. The van der Waals surface area contributed by atoms with E-state index in [1.54, 1.807) is 19.4 Å². The minimum Gasteiger partial charge on any atom is -0.383 e. The van der Waals surface area contributed by atoms with Crippen LogP contribution >= 0.6 is 0 Å². The highest BCUT2D eigenvalue weighted by atomic mass is 19.1. The van der Waals surface area contributed by atoms with Gasteiger partial charge in [-0.15, -0.1) is 0 Å². The second-order valence-electron chi connectivity index (χ2n) is 9.71. The van der Waals surface area contributed by atoms with Crippen molar-refractivity contribution in [3.63, 3.8) is 0 Å². The summed E-state index contributed by atoms with van der Waals surface area (Å²) in [5.41, 5.74) is 10.3. The van der Waals surface area contributed by atoms with Crippen LogP contribution in [0.25, 0.3) is 5.57 Å². The van der Waals surface area contributed by atoms with E-state index in [-0.39, 0.29) is 17.5 Å². The Labute approximate surface area is 227 Å². The Morgan fingerprint density at radius 3 is 2.69 bits per heavy atom. The van der Waals surface area contributed by atoms with E-state index in [0.29, 0.717) is 36.5 Å². The zero-order valence-electron chi connectivity index (χ0n) is 22.2. The van der Waals surface area contributed by atoms with Crippen LogP contribution in [-0.4, -0.2) is 83.6 Å². The SMILES string of the molecule is COC[C@H](C(=O)Nc1cccc2c1CC=C2c1nc(Nc2ccc(CN)nc2)ncc1F)N1CCN(C)CC1. The summed E-state index contributed by atoms with van der Waals surface area (Å²) in [5, 5.41) is 6.18. The van der Waals surface area contributed by atoms with Crippen LogP contribution in [0.15, 0.2) is 48.8 Å². The zero-order chi connectivity index (χ0) is 27.4. The molecule has 2 aliphatic rings. The molecule has 0 bridgehead atoms. The van der Waals surface area contributed by atoms with Gasteiger partial charge in [-0.3, -0.25) is 14.7 Å². The number of hydrogen-bond acceptors (Lipinski definition) is 9. The molecule has 1 amide bonds. The molecule has 0 spiro atoms. The van der Waals surface area contributed by atoms with Gasteiger partial charge in [-0.25, -0.2) is 14.4 Å². The Bertz CT molecular complexity index is 1360. The third-order valence-corrected chi connectivity index (χ3v) is 7.13. The van der Waals surface area contributed by atoms with E-state index in [2.05, 4.69) is 42.4 Å². The largest absolute Gasteiger partial charge is 0.383 e. The van der Waals surface area contributed by atoms with Crippen LogP contribution in [0.1, 0.15) is 22.5 Å². The van der Waals surface area contributed by atoms with Crippen molar-refractivity contribution in [2.24, 2.45) is 5.73 Å². The highest BCUT2D eigenvalue weighted by Crippen LogP contribution is 2.37. The maximum atomic E-state index is 15.0. The predicted octanol–water partition coefficient (Wildman–Crippen LogP) is 2.40. The molecular weight excluding hydrogens is 499 g/mol. The first-order valence-corrected chi connectivity index (χ1v) is 13.0. The molecule has 1 atom stereocenters. The van der Waals surface area contributed by atoms with Crippen LogP contribution in [0, 0.1) is 5.82 Å². The van der Waals surface area contributed by atoms with Gasteiger partial charge in [0.1, 0.15) is 11.7 Å². The van der Waals surface area contributed by atoms with Crippen LogP contribution in [0.4, 0.5) is 21.7 Å². The number of amides is 1. The number of benzene rings is 1. The fourth-order valence-electron chi connectivity index (χ4n) is 4.93. The molecule has 11 heteroatoms. The number of fused-ring (bicyclic) bond motifs is 1. The number of anilines is 3. The van der Waals surface area contributed by atoms with E-state index in [1.807, 2.05) is 30.3 Å². The lowest BCUT2D eigenvalue weighted by atomic mass is 10.0. The van der Waals surface area contributed by atoms with Crippen LogP contribution in [0.2, 0.25) is 0 Å². The number of halogens is 1. The maximum Gasteiger partial charge on any atom is 0.244 e. The van der Waals surface area contributed by atoms with E-state index in [4.69, 9.17) is 10.5 Å². The number of piperazine rings is 1. The van der Waals surface area contributed by atoms with E-state index >= 15 is 0 Å². The molecule has 39 heavy (non-hydrogen) atoms. The maximum absolute atomic E-state index is 15.0. The number of ether oxygens (including phenoxy) is 1. The average molecular weight is 533 g/mol. The topological polar surface area (TPSA) is 122 Å². The van der Waals surface area contributed by atoms with Crippen molar-refractivity contribution in [2.45, 2.75) is 19.0 Å². The van der Waals surface area contributed by atoms with Gasteiger partial charge in [-0.1, -0.05) is 18.2 Å². The van der Waals surface area contributed by atoms with E-state index < -0.39 is 11.9 Å². The molecule has 4 N–H and O–H groups in total. The molecule has 0 saturated carbocycles. The molecule has 0 radical (unpaired) electrons. The summed E-state index contributed by atoms with van der Waals surface area (Å²) >= 11 is 0. The Balaban J connectivity index is 1.35. The van der Waals surface area contributed by atoms with E-state index in [9.17, 15) is 9.18 Å². The van der Waals surface area contributed by atoms with Gasteiger partial charge in [0.05, 0.1) is 30.4 Å². The van der Waals surface area contributed by atoms with Gasteiger partial charge in [0.25, 0.3) is 0 Å². The summed E-state index contributed by atoms with van der Waals surface area (Å²) in [6.45, 7) is 4.05. The number of carbonyl (C=O) groups is 1. The molecule has 1 fully saturated rings. The number of nitrogens with two attached hydrogens (primary N) is 1. The second-order valence-corrected chi connectivity index (χ2v) is 9.71. The van der Waals surface area contributed by atoms with Gasteiger partial charge in [-0.2, -0.15) is 0 Å². The van der Waals surface area contributed by atoms with Gasteiger partial charge in [0.15, 0.2) is 5.82 Å². The summed E-state index contributed by atoms with van der Waals surface area (Å²) in [5.74, 6) is -0.389. The molecule has 2 aromatic heterocycles. The summed E-state index contributed by atoms with van der Waals surface area (Å²) in [6, 6.07) is 8.88. The van der Waals surface area contributed by atoms with Crippen LogP contribution in [0.3, 0.4) is 0 Å². The number of methoxy groups -OCH3 is 1. The lowest BCUT2D eigenvalue weighted by molar-refractivity contribution is -0.124. The Kier molecular flexibility index (Phi) is 8.22. The van der Waals surface area contributed by atoms with Crippen LogP contribution in [0.5, 0.6) is 0 Å². The molecule has 1 aliphatic heterocycles. The molecule has 10 nitrogen and oxygen atoms in total. The third kappa shape index (κ3) is 5.96. The number of likely N-dealkylation sites (N-methyl/N-ethyl adjacent to an activating group) is 1. The number of carbonyl (C=O) groups excluding carboxylic acids is 1. The van der Waals surface area contributed by atoms with Gasteiger partial charge in [0.2, 0.25) is 11.9 Å². The highest BCUT2D eigenvalue weighted by molar-refractivity contribution is 5.97. The fourth-order valence-corrected chi connectivity index (χ4v) is 4.93. The lowest BCUT2D eigenvalue weighted by Crippen LogP contribution is -2.54. The van der Waals surface area contributed by atoms with E-state index in [0.717, 1.165) is 49.2 Å². The van der Waals surface area contributed by atoms with Gasteiger partial charge >= 0.3 is 0 Å². The molecule has 1 aliphatic carbocycles. The highest BCUT2D eigenvalue weighted by Gasteiger charge is 2.30. The molecular formula is C28H33FN8O2. The molecule has 0 unspecified atom stereocenters. The smallest absolute Gasteiger partial charge is 0.244 e. The summed E-state index contributed by atoms with van der Waals surface area (Å²) in [7, 11) is 3.69. The lowest BCUT2D eigenvalue weighted by Gasteiger charge is -2.36. The van der Waals surface area contributed by atoms with Crippen molar-refractivity contribution >= 4 is 28.8 Å². The molecule has 1 aromatic carbocycles. The van der Waals surface area contributed by atoms with Crippen molar-refractivity contribution in [1.82, 2.24) is 24.8 Å². The van der Waals surface area contributed by atoms with Crippen molar-refractivity contribution in [1.29, 1.82) is 0 Å². The number of aromatic nitrogens is 3. The molecule has 5 rings (SSSR count). The monoisotopic (exact) mass is 532 g/mol. The Morgan fingerprint density at radius 1 is 1.15 bits per heavy atom. The quantitative estimate of drug-likeness (QED) is 0.381. The third-order valence-electron chi connectivity index (χ3n) is 7.13. The summed E-state index contributed by atoms with van der Waals surface area (Å²) in [4.78, 5) is 30.6.